The second-order valence-electron chi connectivity index (χ2n) is 9.17. The van der Waals surface area contributed by atoms with Crippen molar-refractivity contribution in [2.24, 2.45) is 11.8 Å². The van der Waals surface area contributed by atoms with Crippen LogP contribution in [0.1, 0.15) is 39.7 Å². The van der Waals surface area contributed by atoms with Gasteiger partial charge in [0.15, 0.2) is 0 Å². The van der Waals surface area contributed by atoms with E-state index in [1.807, 2.05) is 0 Å². The monoisotopic (exact) mass is 421 g/mol. The summed E-state index contributed by atoms with van der Waals surface area (Å²) in [6.07, 6.45) is 1.08. The minimum Gasteiger partial charge on any atom is -0.341 e. The molecule has 8 heteroatoms. The first kappa shape index (κ1) is 21.8. The van der Waals surface area contributed by atoms with Gasteiger partial charge in [0, 0.05) is 32.9 Å². The lowest BCUT2D eigenvalue weighted by Crippen LogP contribution is -2.47. The number of carbonyl (C=O) groups excluding carboxylic acids is 2. The highest BCUT2D eigenvalue weighted by atomic mass is 32.2. The maximum absolute atomic E-state index is 13.1. The highest BCUT2D eigenvalue weighted by molar-refractivity contribution is 7.89. The van der Waals surface area contributed by atoms with Crippen LogP contribution in [0.3, 0.4) is 0 Å². The fourth-order valence-electron chi connectivity index (χ4n) is 4.53. The number of piperidine rings is 1. The molecule has 1 saturated heterocycles. The van der Waals surface area contributed by atoms with Crippen LogP contribution in [0.5, 0.6) is 0 Å². The lowest BCUT2D eigenvalue weighted by Gasteiger charge is -2.35. The topological polar surface area (TPSA) is 78.0 Å². The molecule has 2 aliphatic rings. The van der Waals surface area contributed by atoms with Gasteiger partial charge in [0.25, 0.3) is 0 Å². The molecule has 2 atom stereocenters. The lowest BCUT2D eigenvalue weighted by atomic mass is 9.86. The summed E-state index contributed by atoms with van der Waals surface area (Å²) in [5.74, 6) is 0.584. The molecule has 2 heterocycles. The Hall–Kier alpha value is -1.93. The van der Waals surface area contributed by atoms with Crippen molar-refractivity contribution < 1.29 is 18.0 Å². The molecule has 2 amide bonds. The molecule has 29 heavy (non-hydrogen) atoms. The van der Waals surface area contributed by atoms with E-state index < -0.39 is 15.4 Å². The van der Waals surface area contributed by atoms with Crippen LogP contribution in [-0.4, -0.2) is 63.2 Å². The van der Waals surface area contributed by atoms with Crippen molar-refractivity contribution in [3.05, 3.63) is 23.8 Å². The van der Waals surface area contributed by atoms with Gasteiger partial charge in [-0.3, -0.25) is 9.59 Å². The number of nitrogens with zero attached hydrogens (tertiary/aromatic N) is 3. The van der Waals surface area contributed by atoms with Crippen molar-refractivity contribution in [3.63, 3.8) is 0 Å². The molecule has 1 fully saturated rings. The van der Waals surface area contributed by atoms with Crippen molar-refractivity contribution in [1.82, 2.24) is 9.21 Å². The number of likely N-dealkylation sites (N-methyl/N-ethyl adjacent to an activating group) is 2. The Kier molecular flexibility index (Phi) is 5.55. The molecule has 2 unspecified atom stereocenters. The van der Waals surface area contributed by atoms with Gasteiger partial charge in [-0.05, 0) is 55.9 Å². The zero-order valence-electron chi connectivity index (χ0n) is 18.1. The molecule has 0 aliphatic carbocycles. The molecule has 160 valence electrons. The van der Waals surface area contributed by atoms with Gasteiger partial charge >= 0.3 is 0 Å². The van der Waals surface area contributed by atoms with E-state index in [1.165, 1.54) is 13.1 Å². The van der Waals surface area contributed by atoms with Crippen LogP contribution in [0.25, 0.3) is 0 Å². The van der Waals surface area contributed by atoms with Gasteiger partial charge in [-0.2, -0.15) is 4.31 Å². The number of anilines is 1. The van der Waals surface area contributed by atoms with Gasteiger partial charge in [-0.1, -0.05) is 13.8 Å². The molecule has 2 aliphatic heterocycles. The summed E-state index contributed by atoms with van der Waals surface area (Å²) in [7, 11) is -0.730. The summed E-state index contributed by atoms with van der Waals surface area (Å²) in [5, 5.41) is 0. The molecule has 0 bridgehead atoms. The van der Waals surface area contributed by atoms with Crippen LogP contribution >= 0.6 is 0 Å². The standard InChI is InChI=1S/C21H31N3O4S/c1-14-9-15(2)12-24(11-14)19(25)13-22(5)29(27,28)16-7-8-18-17(10-16)21(3,4)20(26)23(18)6/h7-8,10,14-15H,9,11-13H2,1-6H3. The van der Waals surface area contributed by atoms with E-state index in [1.54, 1.807) is 42.8 Å². The SMILES string of the molecule is CC1CC(C)CN(C(=O)CN(C)S(=O)(=O)c2ccc3c(c2)C(C)(C)C(=O)N3C)C1. The van der Waals surface area contributed by atoms with Crippen molar-refractivity contribution in [3.8, 4) is 0 Å². The summed E-state index contributed by atoms with van der Waals surface area (Å²) < 4.78 is 27.3. The predicted molar refractivity (Wildman–Crippen MR) is 112 cm³/mol. The largest absolute Gasteiger partial charge is 0.341 e. The van der Waals surface area contributed by atoms with Gasteiger partial charge in [0.1, 0.15) is 0 Å². The van der Waals surface area contributed by atoms with Gasteiger partial charge in [0.05, 0.1) is 16.9 Å². The zero-order chi connectivity index (χ0) is 21.7. The Balaban J connectivity index is 1.82. The molecular weight excluding hydrogens is 390 g/mol. The molecule has 7 nitrogen and oxygen atoms in total. The third kappa shape index (κ3) is 3.80. The van der Waals surface area contributed by atoms with E-state index in [9.17, 15) is 18.0 Å². The smallest absolute Gasteiger partial charge is 0.243 e. The van der Waals surface area contributed by atoms with Crippen molar-refractivity contribution in [1.29, 1.82) is 0 Å². The van der Waals surface area contributed by atoms with Crippen molar-refractivity contribution in [2.75, 3.05) is 38.6 Å². The Morgan fingerprint density at radius 1 is 1.21 bits per heavy atom. The summed E-state index contributed by atoms with van der Waals surface area (Å²) in [6, 6.07) is 4.74. The minimum absolute atomic E-state index is 0.0704. The van der Waals surface area contributed by atoms with Gasteiger partial charge < -0.3 is 9.80 Å². The van der Waals surface area contributed by atoms with E-state index in [0.717, 1.165) is 10.7 Å². The van der Waals surface area contributed by atoms with E-state index in [0.29, 0.717) is 36.2 Å². The molecule has 0 N–H and O–H groups in total. The van der Waals surface area contributed by atoms with E-state index in [-0.39, 0.29) is 23.3 Å². The first-order chi connectivity index (χ1) is 13.4. The van der Waals surface area contributed by atoms with Crippen LogP contribution in [-0.2, 0) is 25.0 Å². The minimum atomic E-state index is -3.85. The number of fused-ring (bicyclic) bond motifs is 1. The van der Waals surface area contributed by atoms with Crippen molar-refractivity contribution in [2.45, 2.75) is 44.4 Å². The number of benzene rings is 1. The molecule has 1 aromatic rings. The molecule has 0 spiro atoms. The van der Waals surface area contributed by atoms with Crippen LogP contribution in [0.15, 0.2) is 23.1 Å². The molecule has 0 saturated carbocycles. The maximum Gasteiger partial charge on any atom is 0.243 e. The summed E-state index contributed by atoms with van der Waals surface area (Å²) in [5.41, 5.74) is 0.614. The Labute approximate surface area is 173 Å². The lowest BCUT2D eigenvalue weighted by molar-refractivity contribution is -0.133. The fourth-order valence-corrected chi connectivity index (χ4v) is 5.68. The zero-order valence-corrected chi connectivity index (χ0v) is 18.9. The number of rotatable bonds is 4. The molecular formula is C21H31N3O4S. The quantitative estimate of drug-likeness (QED) is 0.746. The summed E-state index contributed by atoms with van der Waals surface area (Å²) in [4.78, 5) is 28.6. The number of hydrogen-bond acceptors (Lipinski definition) is 4. The van der Waals surface area contributed by atoms with Crippen LogP contribution in [0, 0.1) is 11.8 Å². The third-order valence-electron chi connectivity index (χ3n) is 6.13. The second-order valence-corrected chi connectivity index (χ2v) is 11.2. The fraction of sp³-hybridized carbons (Fsp3) is 0.619. The Morgan fingerprint density at radius 3 is 2.38 bits per heavy atom. The Bertz CT molecular complexity index is 931. The number of sulfonamides is 1. The highest BCUT2D eigenvalue weighted by Crippen LogP contribution is 2.41. The maximum atomic E-state index is 13.1. The molecule has 0 aromatic heterocycles. The van der Waals surface area contributed by atoms with Crippen molar-refractivity contribution >= 4 is 27.5 Å². The first-order valence-corrected chi connectivity index (χ1v) is 11.5. The third-order valence-corrected chi connectivity index (χ3v) is 7.93. The van der Waals surface area contributed by atoms with Crippen LogP contribution in [0.2, 0.25) is 0 Å². The van der Waals surface area contributed by atoms with E-state index >= 15 is 0 Å². The molecule has 3 rings (SSSR count). The van der Waals surface area contributed by atoms with E-state index in [2.05, 4.69) is 13.8 Å². The average molecular weight is 422 g/mol. The molecule has 0 radical (unpaired) electrons. The molecule has 1 aromatic carbocycles. The summed E-state index contributed by atoms with van der Waals surface area (Å²) >= 11 is 0. The first-order valence-electron chi connectivity index (χ1n) is 10.0. The second kappa shape index (κ2) is 7.40. The predicted octanol–water partition coefficient (Wildman–Crippen LogP) is 2.07. The van der Waals surface area contributed by atoms with Gasteiger partial charge in [-0.25, -0.2) is 8.42 Å². The van der Waals surface area contributed by atoms with Crippen LogP contribution < -0.4 is 4.90 Å². The normalized spacial score (nSPS) is 24.2. The number of hydrogen-bond donors (Lipinski definition) is 0. The van der Waals surface area contributed by atoms with E-state index in [4.69, 9.17) is 0 Å². The van der Waals surface area contributed by atoms with Gasteiger partial charge in [-0.15, -0.1) is 0 Å². The Morgan fingerprint density at radius 2 is 1.79 bits per heavy atom. The number of likely N-dealkylation sites (tertiary alicyclic amines) is 1. The van der Waals surface area contributed by atoms with Gasteiger partial charge in [0.2, 0.25) is 21.8 Å². The van der Waals surface area contributed by atoms with Crippen LogP contribution in [0.4, 0.5) is 5.69 Å². The average Bonchev–Trinajstić information content (AvgIpc) is 2.81. The number of carbonyl (C=O) groups is 2. The number of amides is 2. The summed E-state index contributed by atoms with van der Waals surface area (Å²) in [6.45, 7) is 8.94. The highest BCUT2D eigenvalue weighted by Gasteiger charge is 2.43.